The van der Waals surface area contributed by atoms with E-state index in [1.807, 2.05) is 6.07 Å². The van der Waals surface area contributed by atoms with Crippen molar-refractivity contribution in [1.82, 2.24) is 9.44 Å². The first-order chi connectivity index (χ1) is 13.2. The standard InChI is InChI=1S/C18H23N3O5S2/c1-27(22,23)19-12-13-4-2-5-14(10-13)26-15-7-8-16-17(11-15)28(24,25)20-18-6-3-9-21(16)18/h2,4-5,7-8,10-11,18-20,24-25H,3,6,9,12H2,1H3. The lowest BCUT2D eigenvalue weighted by atomic mass is 10.2. The van der Waals surface area contributed by atoms with Gasteiger partial charge < -0.3 is 9.64 Å². The first kappa shape index (κ1) is 19.5. The first-order valence-electron chi connectivity index (χ1n) is 8.89. The van der Waals surface area contributed by atoms with Crippen molar-refractivity contribution in [2.24, 2.45) is 0 Å². The van der Waals surface area contributed by atoms with E-state index in [0.717, 1.165) is 36.9 Å². The minimum atomic E-state index is -3.28. The number of sulfonamides is 1. The highest BCUT2D eigenvalue weighted by molar-refractivity contribution is 8.22. The van der Waals surface area contributed by atoms with Crippen molar-refractivity contribution in [2.75, 3.05) is 17.7 Å². The number of ether oxygens (including phenoxy) is 1. The molecule has 4 N–H and O–H groups in total. The van der Waals surface area contributed by atoms with Crippen LogP contribution in [0.4, 0.5) is 5.69 Å². The molecule has 10 heteroatoms. The van der Waals surface area contributed by atoms with Crippen molar-refractivity contribution in [3.05, 3.63) is 48.0 Å². The smallest absolute Gasteiger partial charge is 0.209 e. The van der Waals surface area contributed by atoms with Crippen molar-refractivity contribution in [1.29, 1.82) is 0 Å². The number of hydrogen-bond acceptors (Lipinski definition) is 7. The van der Waals surface area contributed by atoms with Crippen LogP contribution in [-0.4, -0.2) is 36.5 Å². The van der Waals surface area contributed by atoms with Crippen LogP contribution in [0.15, 0.2) is 47.4 Å². The van der Waals surface area contributed by atoms with E-state index in [1.54, 1.807) is 36.4 Å². The molecule has 2 aromatic rings. The minimum absolute atomic E-state index is 0.0525. The topological polar surface area (TPSA) is 111 Å². The summed E-state index contributed by atoms with van der Waals surface area (Å²) in [5.74, 6) is 1.01. The average Bonchev–Trinajstić information content (AvgIpc) is 3.07. The summed E-state index contributed by atoms with van der Waals surface area (Å²) < 4.78 is 54.9. The third-order valence-electron chi connectivity index (χ3n) is 4.77. The third-order valence-corrected chi connectivity index (χ3v) is 6.98. The highest BCUT2D eigenvalue weighted by atomic mass is 32.3. The van der Waals surface area contributed by atoms with Crippen LogP contribution in [-0.2, 0) is 16.6 Å². The lowest BCUT2D eigenvalue weighted by molar-refractivity contribution is 0.440. The molecule has 0 aliphatic carbocycles. The normalized spacial score (nSPS) is 21.7. The highest BCUT2D eigenvalue weighted by Crippen LogP contribution is 2.55. The monoisotopic (exact) mass is 425 g/mol. The average molecular weight is 426 g/mol. The predicted molar refractivity (Wildman–Crippen MR) is 109 cm³/mol. The molecule has 2 aliphatic rings. The summed E-state index contributed by atoms with van der Waals surface area (Å²) in [5, 5.41) is 0. The van der Waals surface area contributed by atoms with E-state index in [2.05, 4.69) is 14.3 Å². The van der Waals surface area contributed by atoms with Gasteiger partial charge in [-0.15, -0.1) is 10.8 Å². The van der Waals surface area contributed by atoms with Crippen LogP contribution in [0.3, 0.4) is 0 Å². The SMILES string of the molecule is CS(=O)(=O)NCc1cccc(Oc2ccc3c(c2)S(O)(O)NC2CCCN32)c1. The molecular weight excluding hydrogens is 402 g/mol. The van der Waals surface area contributed by atoms with Gasteiger partial charge in [-0.05, 0) is 42.7 Å². The summed E-state index contributed by atoms with van der Waals surface area (Å²) in [6.07, 6.45) is 2.93. The van der Waals surface area contributed by atoms with Gasteiger partial charge in [-0.1, -0.05) is 12.1 Å². The molecule has 2 aromatic carbocycles. The van der Waals surface area contributed by atoms with E-state index in [1.165, 1.54) is 0 Å². The maximum atomic E-state index is 11.3. The quantitative estimate of drug-likeness (QED) is 0.582. The molecule has 152 valence electrons. The van der Waals surface area contributed by atoms with Gasteiger partial charge in [0.25, 0.3) is 0 Å². The molecule has 8 nitrogen and oxygen atoms in total. The van der Waals surface area contributed by atoms with Crippen LogP contribution in [0.5, 0.6) is 11.5 Å². The molecule has 1 saturated heterocycles. The zero-order chi connectivity index (χ0) is 19.9. The van der Waals surface area contributed by atoms with E-state index in [0.29, 0.717) is 16.4 Å². The third kappa shape index (κ3) is 4.12. The Morgan fingerprint density at radius 3 is 2.82 bits per heavy atom. The summed E-state index contributed by atoms with van der Waals surface area (Å²) >= 11 is 0. The number of fused-ring (bicyclic) bond motifs is 3. The lowest BCUT2D eigenvalue weighted by Crippen LogP contribution is -2.46. The number of rotatable bonds is 5. The van der Waals surface area contributed by atoms with Crippen LogP contribution in [0.25, 0.3) is 0 Å². The predicted octanol–water partition coefficient (Wildman–Crippen LogP) is 3.08. The second-order valence-corrected chi connectivity index (χ2v) is 10.6. The maximum absolute atomic E-state index is 11.3. The summed E-state index contributed by atoms with van der Waals surface area (Å²) in [6, 6.07) is 12.4. The zero-order valence-electron chi connectivity index (χ0n) is 15.3. The Bertz CT molecular complexity index is 996. The molecule has 0 amide bonds. The van der Waals surface area contributed by atoms with Gasteiger partial charge in [0.15, 0.2) is 0 Å². The largest absolute Gasteiger partial charge is 0.457 e. The van der Waals surface area contributed by atoms with E-state index in [-0.39, 0.29) is 12.7 Å². The van der Waals surface area contributed by atoms with Crippen LogP contribution in [0.1, 0.15) is 18.4 Å². The minimum Gasteiger partial charge on any atom is -0.457 e. The fraction of sp³-hybridized carbons (Fsp3) is 0.333. The van der Waals surface area contributed by atoms with Gasteiger partial charge in [-0.25, -0.2) is 13.1 Å². The number of anilines is 1. The molecule has 2 aliphatic heterocycles. The van der Waals surface area contributed by atoms with Crippen molar-refractivity contribution in [3.8, 4) is 11.5 Å². The van der Waals surface area contributed by atoms with Gasteiger partial charge in [0.1, 0.15) is 16.4 Å². The molecule has 28 heavy (non-hydrogen) atoms. The number of nitrogens with zero attached hydrogens (tertiary/aromatic N) is 1. The Morgan fingerprint density at radius 2 is 2.04 bits per heavy atom. The Hall–Kier alpha value is -1.82. The Morgan fingerprint density at radius 1 is 1.25 bits per heavy atom. The second kappa shape index (κ2) is 7.21. The highest BCUT2D eigenvalue weighted by Gasteiger charge is 2.38. The van der Waals surface area contributed by atoms with Gasteiger partial charge in [0.2, 0.25) is 10.0 Å². The number of benzene rings is 2. The van der Waals surface area contributed by atoms with Gasteiger partial charge in [-0.3, -0.25) is 9.11 Å². The summed E-state index contributed by atoms with van der Waals surface area (Å²) in [4.78, 5) is 2.58. The van der Waals surface area contributed by atoms with Crippen LogP contribution >= 0.6 is 10.8 Å². The van der Waals surface area contributed by atoms with Gasteiger partial charge in [0.05, 0.1) is 18.1 Å². The van der Waals surface area contributed by atoms with E-state index < -0.39 is 20.8 Å². The number of nitrogens with one attached hydrogen (secondary N) is 2. The van der Waals surface area contributed by atoms with E-state index in [4.69, 9.17) is 4.74 Å². The summed E-state index contributed by atoms with van der Waals surface area (Å²) in [6.45, 7) is 1.04. The zero-order valence-corrected chi connectivity index (χ0v) is 17.0. The van der Waals surface area contributed by atoms with E-state index in [9.17, 15) is 17.5 Å². The molecule has 0 radical (unpaired) electrons. The molecule has 1 fully saturated rings. The Labute approximate surface area is 166 Å². The molecule has 1 unspecified atom stereocenters. The maximum Gasteiger partial charge on any atom is 0.209 e. The van der Waals surface area contributed by atoms with Crippen LogP contribution in [0, 0.1) is 0 Å². The Balaban J connectivity index is 1.57. The molecule has 0 bridgehead atoms. The molecule has 0 aromatic heterocycles. The molecule has 2 heterocycles. The van der Waals surface area contributed by atoms with Crippen LogP contribution in [0.2, 0.25) is 0 Å². The van der Waals surface area contributed by atoms with Crippen molar-refractivity contribution >= 4 is 26.5 Å². The summed E-state index contributed by atoms with van der Waals surface area (Å²) in [5.41, 5.74) is 1.58. The fourth-order valence-corrected chi connectivity index (χ4v) is 5.46. The van der Waals surface area contributed by atoms with E-state index >= 15 is 0 Å². The Kier molecular flexibility index (Phi) is 5.02. The molecule has 0 spiro atoms. The van der Waals surface area contributed by atoms with Crippen LogP contribution < -0.4 is 19.1 Å². The van der Waals surface area contributed by atoms with Gasteiger partial charge in [0, 0.05) is 19.2 Å². The van der Waals surface area contributed by atoms with Crippen molar-refractivity contribution in [2.45, 2.75) is 30.4 Å². The van der Waals surface area contributed by atoms with Crippen molar-refractivity contribution < 1.29 is 22.3 Å². The molecule has 1 atom stereocenters. The second-order valence-electron chi connectivity index (χ2n) is 6.99. The molecule has 4 rings (SSSR count). The lowest BCUT2D eigenvalue weighted by Gasteiger charge is -2.46. The molecular formula is C18H23N3O5S2. The van der Waals surface area contributed by atoms with Gasteiger partial charge >= 0.3 is 0 Å². The van der Waals surface area contributed by atoms with Gasteiger partial charge in [-0.2, -0.15) is 4.72 Å². The van der Waals surface area contributed by atoms with Crippen molar-refractivity contribution in [3.63, 3.8) is 0 Å². The fourth-order valence-electron chi connectivity index (χ4n) is 3.52. The number of hydrogen-bond donors (Lipinski definition) is 4. The first-order valence-corrected chi connectivity index (χ1v) is 12.3. The molecule has 0 saturated carbocycles. The summed E-state index contributed by atoms with van der Waals surface area (Å²) in [7, 11) is -6.37.